The molecular weight excluding hydrogens is 206 g/mol. The van der Waals surface area contributed by atoms with Crippen LogP contribution in [-0.4, -0.2) is 35.5 Å². The van der Waals surface area contributed by atoms with Gasteiger partial charge in [-0.15, -0.1) is 0 Å². The lowest BCUT2D eigenvalue weighted by molar-refractivity contribution is -0.118. The third-order valence-corrected chi connectivity index (χ3v) is 1.70. The molecule has 0 aliphatic heterocycles. The number of nitrogens with zero attached hydrogens (tertiary/aromatic N) is 1. The van der Waals surface area contributed by atoms with Gasteiger partial charge in [0.2, 0.25) is 5.91 Å². The first-order valence-electron chi connectivity index (χ1n) is 5.47. The summed E-state index contributed by atoms with van der Waals surface area (Å²) in [5.74, 6) is -0.199. The summed E-state index contributed by atoms with van der Waals surface area (Å²) in [5.41, 5.74) is 4.79. The molecule has 5 nitrogen and oxygen atoms in total. The minimum absolute atomic E-state index is 0.0416. The van der Waals surface area contributed by atoms with Crippen molar-refractivity contribution in [1.82, 2.24) is 10.2 Å². The second-order valence-corrected chi connectivity index (χ2v) is 5.42. The quantitative estimate of drug-likeness (QED) is 0.752. The largest absolute Gasteiger partial charge is 0.368 e. The SMILES string of the molecule is CC(C)CN(CC(N)=O)C(=O)NC(C)(C)C. The van der Waals surface area contributed by atoms with Gasteiger partial charge < -0.3 is 16.0 Å². The van der Waals surface area contributed by atoms with Gasteiger partial charge in [-0.3, -0.25) is 4.79 Å². The van der Waals surface area contributed by atoms with Gasteiger partial charge in [0, 0.05) is 12.1 Å². The van der Waals surface area contributed by atoms with Crippen molar-refractivity contribution in [3.8, 4) is 0 Å². The molecule has 16 heavy (non-hydrogen) atoms. The zero-order valence-corrected chi connectivity index (χ0v) is 10.8. The van der Waals surface area contributed by atoms with Crippen molar-refractivity contribution < 1.29 is 9.59 Å². The highest BCUT2D eigenvalue weighted by Gasteiger charge is 2.21. The van der Waals surface area contributed by atoms with E-state index in [1.54, 1.807) is 0 Å². The van der Waals surface area contributed by atoms with Crippen LogP contribution in [0.2, 0.25) is 0 Å². The number of nitrogens with two attached hydrogens (primary N) is 1. The smallest absolute Gasteiger partial charge is 0.318 e. The van der Waals surface area contributed by atoms with Crippen LogP contribution in [0.15, 0.2) is 0 Å². The summed E-state index contributed by atoms with van der Waals surface area (Å²) >= 11 is 0. The molecule has 0 aromatic carbocycles. The summed E-state index contributed by atoms with van der Waals surface area (Å²) < 4.78 is 0. The molecule has 94 valence electrons. The molecule has 0 unspecified atom stereocenters. The van der Waals surface area contributed by atoms with Gasteiger partial charge in [0.05, 0.1) is 0 Å². The minimum Gasteiger partial charge on any atom is -0.368 e. The van der Waals surface area contributed by atoms with E-state index in [1.807, 2.05) is 34.6 Å². The minimum atomic E-state index is -0.496. The van der Waals surface area contributed by atoms with Crippen molar-refractivity contribution >= 4 is 11.9 Å². The van der Waals surface area contributed by atoms with E-state index in [9.17, 15) is 9.59 Å². The summed E-state index contributed by atoms with van der Waals surface area (Å²) in [6, 6.07) is -0.250. The van der Waals surface area contributed by atoms with Gasteiger partial charge in [0.25, 0.3) is 0 Å². The Morgan fingerprint density at radius 1 is 1.31 bits per heavy atom. The van der Waals surface area contributed by atoms with Crippen LogP contribution in [0.5, 0.6) is 0 Å². The summed E-state index contributed by atoms with van der Waals surface area (Å²) in [7, 11) is 0. The predicted octanol–water partition coefficient (Wildman–Crippen LogP) is 0.938. The van der Waals surface area contributed by atoms with Crippen molar-refractivity contribution in [3.05, 3.63) is 0 Å². The van der Waals surface area contributed by atoms with Gasteiger partial charge in [-0.05, 0) is 26.7 Å². The number of urea groups is 1. The maximum atomic E-state index is 11.8. The zero-order chi connectivity index (χ0) is 12.9. The van der Waals surface area contributed by atoms with E-state index in [4.69, 9.17) is 5.73 Å². The van der Waals surface area contributed by atoms with Crippen LogP contribution in [-0.2, 0) is 4.79 Å². The normalized spacial score (nSPS) is 11.4. The van der Waals surface area contributed by atoms with Crippen molar-refractivity contribution in [2.45, 2.75) is 40.2 Å². The Kier molecular flexibility index (Phi) is 5.27. The van der Waals surface area contributed by atoms with E-state index in [2.05, 4.69) is 5.32 Å². The molecule has 5 heteroatoms. The van der Waals surface area contributed by atoms with Gasteiger partial charge in [0.1, 0.15) is 6.54 Å². The molecule has 0 aliphatic carbocycles. The fraction of sp³-hybridized carbons (Fsp3) is 0.818. The molecule has 0 spiro atoms. The fourth-order valence-corrected chi connectivity index (χ4v) is 1.25. The van der Waals surface area contributed by atoms with Gasteiger partial charge in [-0.1, -0.05) is 13.8 Å². The first kappa shape index (κ1) is 14.7. The molecule has 0 aromatic heterocycles. The molecule has 0 aliphatic rings. The summed E-state index contributed by atoms with van der Waals surface area (Å²) in [4.78, 5) is 24.1. The third kappa shape index (κ3) is 7.09. The zero-order valence-electron chi connectivity index (χ0n) is 10.8. The molecule has 3 amide bonds. The molecule has 3 N–H and O–H groups in total. The number of rotatable bonds is 4. The van der Waals surface area contributed by atoms with Crippen LogP contribution in [0.1, 0.15) is 34.6 Å². The number of primary amides is 1. The summed E-state index contributed by atoms with van der Waals surface area (Å²) in [6.45, 7) is 10.1. The Hall–Kier alpha value is -1.26. The fourth-order valence-electron chi connectivity index (χ4n) is 1.25. The summed E-state index contributed by atoms with van der Waals surface area (Å²) in [6.07, 6.45) is 0. The van der Waals surface area contributed by atoms with Crippen LogP contribution in [0, 0.1) is 5.92 Å². The number of nitrogens with one attached hydrogen (secondary N) is 1. The first-order valence-corrected chi connectivity index (χ1v) is 5.47. The van der Waals surface area contributed by atoms with Crippen molar-refractivity contribution in [2.24, 2.45) is 11.7 Å². The lowest BCUT2D eigenvalue weighted by atomic mass is 10.1. The molecule has 0 heterocycles. The molecule has 0 fully saturated rings. The van der Waals surface area contributed by atoms with E-state index < -0.39 is 5.91 Å². The average Bonchev–Trinajstić information content (AvgIpc) is 1.97. The van der Waals surface area contributed by atoms with Gasteiger partial charge in [-0.25, -0.2) is 4.79 Å². The second-order valence-electron chi connectivity index (χ2n) is 5.42. The Labute approximate surface area is 97.4 Å². The molecule has 0 saturated heterocycles. The van der Waals surface area contributed by atoms with Crippen LogP contribution in [0.25, 0.3) is 0 Å². The lowest BCUT2D eigenvalue weighted by Crippen LogP contribution is -2.51. The number of hydrogen-bond donors (Lipinski definition) is 2. The van der Waals surface area contributed by atoms with Crippen LogP contribution < -0.4 is 11.1 Å². The number of hydrogen-bond acceptors (Lipinski definition) is 2. The highest BCUT2D eigenvalue weighted by Crippen LogP contribution is 2.03. The van der Waals surface area contributed by atoms with E-state index in [1.165, 1.54) is 4.90 Å². The standard InChI is InChI=1S/C11H23N3O2/c1-8(2)6-14(7-9(12)15)10(16)13-11(3,4)5/h8H,6-7H2,1-5H3,(H2,12,15)(H,13,16). The highest BCUT2D eigenvalue weighted by atomic mass is 16.2. The van der Waals surface area contributed by atoms with E-state index in [-0.39, 0.29) is 18.1 Å². The van der Waals surface area contributed by atoms with Crippen molar-refractivity contribution in [2.75, 3.05) is 13.1 Å². The van der Waals surface area contributed by atoms with Gasteiger partial charge >= 0.3 is 6.03 Å². The highest BCUT2D eigenvalue weighted by molar-refractivity contribution is 5.83. The molecule has 0 atom stereocenters. The molecule has 0 aromatic rings. The van der Waals surface area contributed by atoms with Gasteiger partial charge in [-0.2, -0.15) is 0 Å². The maximum absolute atomic E-state index is 11.8. The Morgan fingerprint density at radius 2 is 1.81 bits per heavy atom. The van der Waals surface area contributed by atoms with E-state index in [0.717, 1.165) is 0 Å². The van der Waals surface area contributed by atoms with Crippen LogP contribution in [0.4, 0.5) is 4.79 Å². The molecule has 0 radical (unpaired) electrons. The number of carbonyl (C=O) groups excluding carboxylic acids is 2. The maximum Gasteiger partial charge on any atom is 0.318 e. The molecule has 0 bridgehead atoms. The topological polar surface area (TPSA) is 75.4 Å². The van der Waals surface area contributed by atoms with Crippen LogP contribution in [0.3, 0.4) is 0 Å². The van der Waals surface area contributed by atoms with E-state index >= 15 is 0 Å². The predicted molar refractivity (Wildman–Crippen MR) is 63.9 cm³/mol. The van der Waals surface area contributed by atoms with E-state index in [0.29, 0.717) is 12.5 Å². The van der Waals surface area contributed by atoms with Crippen molar-refractivity contribution in [3.63, 3.8) is 0 Å². The Bertz CT molecular complexity index is 256. The van der Waals surface area contributed by atoms with Crippen LogP contribution >= 0.6 is 0 Å². The molecular formula is C11H23N3O2. The molecule has 0 rings (SSSR count). The Balaban J connectivity index is 4.49. The third-order valence-electron chi connectivity index (χ3n) is 1.70. The lowest BCUT2D eigenvalue weighted by Gasteiger charge is -2.28. The van der Waals surface area contributed by atoms with Crippen molar-refractivity contribution in [1.29, 1.82) is 0 Å². The number of amides is 3. The monoisotopic (exact) mass is 229 g/mol. The van der Waals surface area contributed by atoms with Gasteiger partial charge in [0.15, 0.2) is 0 Å². The Morgan fingerprint density at radius 3 is 2.12 bits per heavy atom. The molecule has 0 saturated carbocycles. The number of carbonyl (C=O) groups is 2. The first-order chi connectivity index (χ1) is 7.11. The summed E-state index contributed by atoms with van der Waals surface area (Å²) in [5, 5.41) is 2.81. The average molecular weight is 229 g/mol. The second kappa shape index (κ2) is 5.72.